The Balaban J connectivity index is 1.59. The zero-order valence-corrected chi connectivity index (χ0v) is 17.2. The molecule has 28 heavy (non-hydrogen) atoms. The number of hydrogen-bond donors (Lipinski definition) is 1. The second-order valence-corrected chi connectivity index (χ2v) is 10.0. The van der Waals surface area contributed by atoms with Crippen molar-refractivity contribution in [3.05, 3.63) is 11.6 Å². The predicted molar refractivity (Wildman–Crippen MR) is 103 cm³/mol. The van der Waals surface area contributed by atoms with Crippen LogP contribution >= 0.6 is 0 Å². The van der Waals surface area contributed by atoms with Gasteiger partial charge in [-0.25, -0.2) is 0 Å². The second-order valence-electron chi connectivity index (χ2n) is 10.0. The van der Waals surface area contributed by atoms with E-state index in [0.29, 0.717) is 30.6 Å². The molecule has 0 heterocycles. The summed E-state index contributed by atoms with van der Waals surface area (Å²) in [5.74, 6) is 0.524. The molecular formula is C23H32O5. The van der Waals surface area contributed by atoms with Gasteiger partial charge >= 0.3 is 5.97 Å². The molecule has 5 heteroatoms. The summed E-state index contributed by atoms with van der Waals surface area (Å²) >= 11 is 0. The van der Waals surface area contributed by atoms with Gasteiger partial charge in [-0.2, -0.15) is 0 Å². The first kappa shape index (κ1) is 19.8. The van der Waals surface area contributed by atoms with E-state index in [1.807, 2.05) is 6.08 Å². The molecule has 4 rings (SSSR count). The van der Waals surface area contributed by atoms with Crippen molar-refractivity contribution in [3.63, 3.8) is 0 Å². The summed E-state index contributed by atoms with van der Waals surface area (Å²) in [6.45, 7) is 5.56. The number of hydrogen-bond acceptors (Lipinski definition) is 5. The third-order valence-corrected chi connectivity index (χ3v) is 8.75. The molecule has 0 aromatic heterocycles. The van der Waals surface area contributed by atoms with E-state index in [-0.39, 0.29) is 29.0 Å². The van der Waals surface area contributed by atoms with Crippen molar-refractivity contribution in [3.8, 4) is 0 Å². The number of fused-ring (bicyclic) bond motifs is 5. The molecule has 0 aromatic rings. The third-order valence-electron chi connectivity index (χ3n) is 8.75. The number of ether oxygens (including phenoxy) is 1. The smallest absolute Gasteiger partial charge is 0.303 e. The molecule has 1 N–H and O–H groups in total. The molecule has 0 bridgehead atoms. The highest BCUT2D eigenvalue weighted by molar-refractivity contribution is 5.91. The molecule has 154 valence electrons. The van der Waals surface area contributed by atoms with E-state index in [1.165, 1.54) is 12.5 Å². The summed E-state index contributed by atoms with van der Waals surface area (Å²) in [5, 5.41) is 10.8. The monoisotopic (exact) mass is 388 g/mol. The van der Waals surface area contributed by atoms with Gasteiger partial charge in [0.05, 0.1) is 12.0 Å². The lowest BCUT2D eigenvalue weighted by molar-refractivity contribution is -0.150. The topological polar surface area (TPSA) is 80.7 Å². The molecule has 0 aromatic carbocycles. The lowest BCUT2D eigenvalue weighted by atomic mass is 9.46. The summed E-state index contributed by atoms with van der Waals surface area (Å²) in [7, 11) is 0. The standard InChI is InChI=1S/C23H32O5/c1-13(24)28-12-20(27)21-19(26)11-18-16-5-4-14-10-15(25)6-8-22(14,2)17(16)7-9-23(18,21)3/h10,16-19,21,26H,4-9,11-12H2,1-3H3/t16-,17+,18+,19+,21-,22+,23+/m1/s1. The number of carbonyl (C=O) groups excluding carboxylic acids is 3. The van der Waals surface area contributed by atoms with Crippen LogP contribution in [-0.2, 0) is 19.1 Å². The van der Waals surface area contributed by atoms with Crippen molar-refractivity contribution in [1.82, 2.24) is 0 Å². The molecular weight excluding hydrogens is 356 g/mol. The van der Waals surface area contributed by atoms with Gasteiger partial charge in [-0.15, -0.1) is 0 Å². The molecule has 0 saturated heterocycles. The van der Waals surface area contributed by atoms with Gasteiger partial charge in [0.2, 0.25) is 0 Å². The van der Waals surface area contributed by atoms with Gasteiger partial charge in [-0.3, -0.25) is 14.4 Å². The lowest BCUT2D eigenvalue weighted by Gasteiger charge is -2.57. The molecule has 7 atom stereocenters. The quantitative estimate of drug-likeness (QED) is 0.751. The number of esters is 1. The van der Waals surface area contributed by atoms with Gasteiger partial charge in [0, 0.05) is 13.3 Å². The number of rotatable bonds is 3. The fraction of sp³-hybridized carbons (Fsp3) is 0.783. The van der Waals surface area contributed by atoms with E-state index < -0.39 is 18.0 Å². The Hall–Kier alpha value is -1.49. The zero-order valence-electron chi connectivity index (χ0n) is 17.2. The minimum atomic E-state index is -0.658. The van der Waals surface area contributed by atoms with Gasteiger partial charge in [-0.05, 0) is 73.2 Å². The van der Waals surface area contributed by atoms with Gasteiger partial charge in [0.15, 0.2) is 11.6 Å². The minimum absolute atomic E-state index is 0.0863. The van der Waals surface area contributed by atoms with Crippen molar-refractivity contribution in [2.24, 2.45) is 34.5 Å². The Morgan fingerprint density at radius 3 is 2.64 bits per heavy atom. The predicted octanol–water partition coefficient (Wildman–Crippen LogP) is 3.24. The molecule has 3 saturated carbocycles. The van der Waals surface area contributed by atoms with E-state index in [0.717, 1.165) is 32.1 Å². The summed E-state index contributed by atoms with van der Waals surface area (Å²) in [6.07, 6.45) is 7.40. The van der Waals surface area contributed by atoms with Gasteiger partial charge in [0.1, 0.15) is 6.61 Å². The highest BCUT2D eigenvalue weighted by atomic mass is 16.5. The molecule has 0 spiro atoms. The van der Waals surface area contributed by atoms with Gasteiger partial charge in [-0.1, -0.05) is 19.4 Å². The zero-order chi connectivity index (χ0) is 20.3. The first-order chi connectivity index (χ1) is 13.2. The highest BCUT2D eigenvalue weighted by Gasteiger charge is 2.62. The largest absolute Gasteiger partial charge is 0.458 e. The number of aliphatic hydroxyl groups excluding tert-OH is 1. The van der Waals surface area contributed by atoms with E-state index in [4.69, 9.17) is 4.74 Å². The average molecular weight is 389 g/mol. The SMILES string of the molecule is CC(=O)OCC(=O)[C@H]1[C@@H](O)C[C@H]2[C@@H]3CCC4=CC(=O)CC[C@]4(C)[C@H]3CC[C@@]21C. The maximum atomic E-state index is 12.8. The number of carbonyl (C=O) groups is 3. The Labute approximate surface area is 166 Å². The Bertz CT molecular complexity index is 739. The Kier molecular flexibility index (Phi) is 4.80. The molecule has 3 fully saturated rings. The summed E-state index contributed by atoms with van der Waals surface area (Å²) < 4.78 is 4.95. The maximum Gasteiger partial charge on any atom is 0.303 e. The van der Waals surface area contributed by atoms with Crippen LogP contribution in [0.3, 0.4) is 0 Å². The van der Waals surface area contributed by atoms with E-state index >= 15 is 0 Å². The lowest BCUT2D eigenvalue weighted by Crippen LogP contribution is -2.51. The van der Waals surface area contributed by atoms with E-state index in [2.05, 4.69) is 13.8 Å². The Morgan fingerprint density at radius 2 is 1.93 bits per heavy atom. The van der Waals surface area contributed by atoms with Crippen molar-refractivity contribution in [1.29, 1.82) is 0 Å². The van der Waals surface area contributed by atoms with Crippen molar-refractivity contribution in [2.45, 2.75) is 71.8 Å². The normalized spacial score (nSPS) is 44.8. The average Bonchev–Trinajstić information content (AvgIpc) is 2.90. The fourth-order valence-corrected chi connectivity index (χ4v) is 7.42. The van der Waals surface area contributed by atoms with Crippen LogP contribution in [0, 0.1) is 34.5 Å². The second kappa shape index (κ2) is 6.79. The van der Waals surface area contributed by atoms with Crippen molar-refractivity contribution < 1.29 is 24.2 Å². The minimum Gasteiger partial charge on any atom is -0.458 e. The first-order valence-corrected chi connectivity index (χ1v) is 10.7. The van der Waals surface area contributed by atoms with E-state index in [9.17, 15) is 19.5 Å². The number of ketones is 2. The maximum absolute atomic E-state index is 12.8. The summed E-state index contributed by atoms with van der Waals surface area (Å²) in [6, 6.07) is 0. The third kappa shape index (κ3) is 2.89. The van der Waals surface area contributed by atoms with E-state index in [1.54, 1.807) is 0 Å². The summed E-state index contributed by atoms with van der Waals surface area (Å²) in [4.78, 5) is 35.9. The van der Waals surface area contributed by atoms with Crippen molar-refractivity contribution >= 4 is 17.5 Å². The number of aliphatic hydroxyl groups is 1. The fourth-order valence-electron chi connectivity index (χ4n) is 7.42. The van der Waals surface area contributed by atoms with Crippen LogP contribution in [-0.4, -0.2) is 35.4 Å². The van der Waals surface area contributed by atoms with Crippen LogP contribution in [0.2, 0.25) is 0 Å². The van der Waals surface area contributed by atoms with Crippen LogP contribution in [0.15, 0.2) is 11.6 Å². The van der Waals surface area contributed by atoms with Crippen LogP contribution < -0.4 is 0 Å². The van der Waals surface area contributed by atoms with Crippen molar-refractivity contribution in [2.75, 3.05) is 6.61 Å². The first-order valence-electron chi connectivity index (χ1n) is 10.7. The number of Topliss-reactive ketones (excluding diaryl/α,β-unsaturated/α-hetero) is 1. The molecule has 4 aliphatic rings. The number of allylic oxidation sites excluding steroid dienone is 1. The summed E-state index contributed by atoms with van der Waals surface area (Å²) in [5.41, 5.74) is 1.18. The molecule has 5 nitrogen and oxygen atoms in total. The van der Waals surface area contributed by atoms with Crippen LogP contribution in [0.25, 0.3) is 0 Å². The van der Waals surface area contributed by atoms with Crippen LogP contribution in [0.1, 0.15) is 65.7 Å². The molecule has 4 aliphatic carbocycles. The Morgan fingerprint density at radius 1 is 1.18 bits per heavy atom. The molecule has 0 radical (unpaired) electrons. The van der Waals surface area contributed by atoms with Gasteiger partial charge in [0.25, 0.3) is 0 Å². The molecule has 0 amide bonds. The van der Waals surface area contributed by atoms with Crippen LogP contribution in [0.5, 0.6) is 0 Å². The molecule has 0 unspecified atom stereocenters. The van der Waals surface area contributed by atoms with Gasteiger partial charge < -0.3 is 9.84 Å². The van der Waals surface area contributed by atoms with Crippen LogP contribution in [0.4, 0.5) is 0 Å². The molecule has 0 aliphatic heterocycles. The highest BCUT2D eigenvalue weighted by Crippen LogP contribution is 2.66.